The standard InChI is InChI=1S/3C6H5.Br.Pb/c3*1-2-4-6-5-3-1;;/h3*1-5H;;. The Morgan fingerprint density at radius 1 is 0.400 bits per heavy atom. The first kappa shape index (κ1) is 15.5. The van der Waals surface area contributed by atoms with Crippen LogP contribution in [0.15, 0.2) is 91.0 Å². The zero-order valence-corrected chi connectivity index (χ0v) is 16.5. The quantitative estimate of drug-likeness (QED) is 0.468. The van der Waals surface area contributed by atoms with Crippen LogP contribution in [0, 0.1) is 0 Å². The molecule has 2 heteroatoms. The summed E-state index contributed by atoms with van der Waals surface area (Å²) in [7, 11) is 0. The number of hydrogen-bond acceptors (Lipinski definition) is 0. The second-order valence-electron chi connectivity index (χ2n) is 4.47. The SMILES string of the molecule is [Br].c1cc[c]([Pb]([c]2ccccc2)[c]2ccccc2)cc1. The maximum atomic E-state index is 2.29. The monoisotopic (exact) mass is 518 g/mol. The van der Waals surface area contributed by atoms with E-state index in [-0.39, 0.29) is 17.0 Å². The average molecular weight is 518 g/mol. The topological polar surface area (TPSA) is 0 Å². The predicted octanol–water partition coefficient (Wildman–Crippen LogP) is 3.05. The van der Waals surface area contributed by atoms with Gasteiger partial charge in [0.05, 0.1) is 0 Å². The first-order valence-corrected chi connectivity index (χ1v) is 12.3. The Labute approximate surface area is 139 Å². The van der Waals surface area contributed by atoms with Gasteiger partial charge in [0.1, 0.15) is 0 Å². The van der Waals surface area contributed by atoms with Crippen LogP contribution in [0.5, 0.6) is 0 Å². The second kappa shape index (κ2) is 7.74. The molecule has 0 amide bonds. The molecule has 0 aliphatic rings. The van der Waals surface area contributed by atoms with Gasteiger partial charge in [-0.25, -0.2) is 0 Å². The van der Waals surface area contributed by atoms with Crippen molar-refractivity contribution in [1.82, 2.24) is 0 Å². The van der Waals surface area contributed by atoms with Crippen molar-refractivity contribution in [3.63, 3.8) is 0 Å². The summed E-state index contributed by atoms with van der Waals surface area (Å²) >= 11 is -2.17. The van der Waals surface area contributed by atoms with Crippen molar-refractivity contribution in [3.05, 3.63) is 91.0 Å². The molecule has 3 aromatic carbocycles. The van der Waals surface area contributed by atoms with E-state index in [1.54, 1.807) is 9.37 Å². The Kier molecular flexibility index (Phi) is 5.98. The predicted molar refractivity (Wildman–Crippen MR) is 92.9 cm³/mol. The summed E-state index contributed by atoms with van der Waals surface area (Å²) in [5.41, 5.74) is 0. The molecule has 0 spiro atoms. The first-order chi connectivity index (χ1) is 9.45. The van der Waals surface area contributed by atoms with Gasteiger partial charge in [0, 0.05) is 17.0 Å². The third-order valence-corrected chi connectivity index (χ3v) is 13.8. The molecule has 3 aromatic rings. The molecule has 0 aliphatic heterocycles. The molecule has 0 saturated carbocycles. The molecule has 0 unspecified atom stereocenters. The van der Waals surface area contributed by atoms with Crippen LogP contribution in [0.4, 0.5) is 0 Å². The van der Waals surface area contributed by atoms with Crippen LogP contribution in [0.25, 0.3) is 0 Å². The molecule has 2 radical (unpaired) electrons. The van der Waals surface area contributed by atoms with Gasteiger partial charge in [-0.2, -0.15) is 0 Å². The maximum absolute atomic E-state index is 2.29. The molecule has 0 saturated heterocycles. The summed E-state index contributed by atoms with van der Waals surface area (Å²) in [5.74, 6) is 0. The van der Waals surface area contributed by atoms with E-state index < -0.39 is 22.7 Å². The Morgan fingerprint density at radius 3 is 0.900 bits per heavy atom. The van der Waals surface area contributed by atoms with Gasteiger partial charge >= 0.3 is 123 Å². The molecule has 0 aromatic heterocycles. The van der Waals surface area contributed by atoms with Crippen molar-refractivity contribution in [2.45, 2.75) is 0 Å². The van der Waals surface area contributed by atoms with E-state index in [4.69, 9.17) is 0 Å². The Balaban J connectivity index is 0.00000147. The van der Waals surface area contributed by atoms with Crippen molar-refractivity contribution >= 4 is 49.1 Å². The van der Waals surface area contributed by atoms with Gasteiger partial charge < -0.3 is 0 Å². The second-order valence-corrected chi connectivity index (χ2v) is 14.1. The van der Waals surface area contributed by atoms with E-state index >= 15 is 0 Å². The van der Waals surface area contributed by atoms with Gasteiger partial charge in [-0.3, -0.25) is 0 Å². The summed E-state index contributed by atoms with van der Waals surface area (Å²) < 4.78 is 4.64. The summed E-state index contributed by atoms with van der Waals surface area (Å²) in [6.07, 6.45) is 0. The van der Waals surface area contributed by atoms with Gasteiger partial charge in [-0.15, -0.1) is 0 Å². The summed E-state index contributed by atoms with van der Waals surface area (Å²) in [6, 6.07) is 33.0. The van der Waals surface area contributed by atoms with Gasteiger partial charge in [-0.1, -0.05) is 0 Å². The summed E-state index contributed by atoms with van der Waals surface area (Å²) in [5, 5.41) is 0. The van der Waals surface area contributed by atoms with Crippen LogP contribution < -0.4 is 9.37 Å². The van der Waals surface area contributed by atoms with E-state index in [0.717, 1.165) is 0 Å². The van der Waals surface area contributed by atoms with Crippen molar-refractivity contribution in [3.8, 4) is 0 Å². The molecular formula is C18H15BrPb. The molecule has 0 nitrogen and oxygen atoms in total. The molecule has 0 atom stereocenters. The van der Waals surface area contributed by atoms with Gasteiger partial charge in [0.2, 0.25) is 0 Å². The van der Waals surface area contributed by atoms with Crippen molar-refractivity contribution in [2.24, 2.45) is 0 Å². The van der Waals surface area contributed by atoms with Crippen LogP contribution in [-0.2, 0) is 0 Å². The van der Waals surface area contributed by atoms with E-state index in [9.17, 15) is 0 Å². The zero-order chi connectivity index (χ0) is 12.9. The average Bonchev–Trinajstić information content (AvgIpc) is 2.51. The van der Waals surface area contributed by atoms with Crippen LogP contribution in [0.3, 0.4) is 0 Å². The molecule has 0 aliphatic carbocycles. The number of rotatable bonds is 3. The number of benzene rings is 3. The molecule has 0 fully saturated rings. The first-order valence-electron chi connectivity index (χ1n) is 6.48. The minimum absolute atomic E-state index is 0. The zero-order valence-electron chi connectivity index (χ0n) is 11.0. The fourth-order valence-electron chi connectivity index (χ4n) is 2.31. The number of halogens is 1. The van der Waals surface area contributed by atoms with E-state index in [1.165, 1.54) is 0 Å². The Morgan fingerprint density at radius 2 is 0.650 bits per heavy atom. The van der Waals surface area contributed by atoms with Crippen molar-refractivity contribution in [2.75, 3.05) is 0 Å². The molecule has 0 heterocycles. The van der Waals surface area contributed by atoms with Crippen molar-refractivity contribution in [1.29, 1.82) is 0 Å². The molecule has 0 N–H and O–H groups in total. The fourth-order valence-corrected chi connectivity index (χ4v) is 12.3. The number of hydrogen-bond donors (Lipinski definition) is 0. The molecule has 98 valence electrons. The molecule has 20 heavy (non-hydrogen) atoms. The van der Waals surface area contributed by atoms with E-state index in [1.807, 2.05) is 0 Å². The normalized spacial score (nSPS) is 10.1. The van der Waals surface area contributed by atoms with Crippen LogP contribution in [0.1, 0.15) is 0 Å². The van der Waals surface area contributed by atoms with Gasteiger partial charge in [-0.05, 0) is 0 Å². The van der Waals surface area contributed by atoms with Gasteiger partial charge in [0.15, 0.2) is 0 Å². The summed E-state index contributed by atoms with van der Waals surface area (Å²) in [4.78, 5) is 0. The van der Waals surface area contributed by atoms with Crippen LogP contribution in [0.2, 0.25) is 0 Å². The fraction of sp³-hybridized carbons (Fsp3) is 0. The van der Waals surface area contributed by atoms with Crippen LogP contribution >= 0.6 is 17.0 Å². The summed E-state index contributed by atoms with van der Waals surface area (Å²) in [6.45, 7) is 0. The molecule has 0 bridgehead atoms. The van der Waals surface area contributed by atoms with E-state index in [0.29, 0.717) is 0 Å². The third kappa shape index (κ3) is 3.58. The third-order valence-electron chi connectivity index (χ3n) is 3.19. The Bertz CT molecular complexity index is 529. The Hall–Kier alpha value is -0.938. The molecule has 3 rings (SSSR count). The van der Waals surface area contributed by atoms with Crippen LogP contribution in [-0.4, -0.2) is 22.7 Å². The van der Waals surface area contributed by atoms with Crippen molar-refractivity contribution < 1.29 is 0 Å². The van der Waals surface area contributed by atoms with E-state index in [2.05, 4.69) is 91.0 Å². The molecular weight excluding hydrogens is 503 g/mol. The minimum atomic E-state index is -2.17. The van der Waals surface area contributed by atoms with Gasteiger partial charge in [0.25, 0.3) is 0 Å².